The van der Waals surface area contributed by atoms with Crippen molar-refractivity contribution in [2.24, 2.45) is 5.92 Å². The van der Waals surface area contributed by atoms with Gasteiger partial charge in [-0.2, -0.15) is 0 Å². The summed E-state index contributed by atoms with van der Waals surface area (Å²) in [5.41, 5.74) is 2.13. The smallest absolute Gasteiger partial charge is 0.258 e. The van der Waals surface area contributed by atoms with E-state index in [2.05, 4.69) is 29.1 Å². The monoisotopic (exact) mass is 339 g/mol. The molecule has 0 saturated heterocycles. The van der Waals surface area contributed by atoms with E-state index < -0.39 is 0 Å². The van der Waals surface area contributed by atoms with Gasteiger partial charge in [-0.15, -0.1) is 0 Å². The number of hydrogen-bond acceptors (Lipinski definition) is 4. The van der Waals surface area contributed by atoms with Crippen LogP contribution in [-0.2, 0) is 0 Å². The number of aromatic nitrogens is 2. The van der Waals surface area contributed by atoms with Crippen LogP contribution in [0.25, 0.3) is 11.0 Å². The van der Waals surface area contributed by atoms with Crippen LogP contribution in [0, 0.1) is 5.92 Å². The Kier molecular flexibility index (Phi) is 4.88. The molecular formula is C19H21N3O3. The number of para-hydroxylation sites is 2. The van der Waals surface area contributed by atoms with E-state index in [9.17, 15) is 4.79 Å². The zero-order valence-corrected chi connectivity index (χ0v) is 14.5. The molecule has 0 aliphatic carbocycles. The van der Waals surface area contributed by atoms with Crippen molar-refractivity contribution in [3.63, 3.8) is 0 Å². The lowest BCUT2D eigenvalue weighted by Crippen LogP contribution is -2.13. The van der Waals surface area contributed by atoms with Gasteiger partial charge >= 0.3 is 0 Å². The van der Waals surface area contributed by atoms with E-state index in [0.717, 1.165) is 11.0 Å². The number of anilines is 1. The van der Waals surface area contributed by atoms with Gasteiger partial charge < -0.3 is 14.5 Å². The molecule has 0 fully saturated rings. The second-order valence-electron chi connectivity index (χ2n) is 6.13. The van der Waals surface area contributed by atoms with Crippen molar-refractivity contribution in [1.82, 2.24) is 9.97 Å². The fourth-order valence-corrected chi connectivity index (χ4v) is 2.38. The predicted octanol–water partition coefficient (Wildman–Crippen LogP) is 3.86. The van der Waals surface area contributed by atoms with Gasteiger partial charge in [0.05, 0.1) is 24.8 Å². The lowest BCUT2D eigenvalue weighted by molar-refractivity contribution is 0.102. The molecule has 6 nitrogen and oxygen atoms in total. The van der Waals surface area contributed by atoms with Crippen LogP contribution < -0.4 is 14.8 Å². The predicted molar refractivity (Wildman–Crippen MR) is 97.4 cm³/mol. The van der Waals surface area contributed by atoms with Gasteiger partial charge in [-0.3, -0.25) is 10.1 Å². The Morgan fingerprint density at radius 2 is 2.00 bits per heavy atom. The minimum atomic E-state index is -0.271. The number of H-pyrrole nitrogens is 1. The number of aromatic amines is 1. The van der Waals surface area contributed by atoms with Crippen molar-refractivity contribution in [2.75, 3.05) is 19.0 Å². The number of nitrogens with zero attached hydrogens (tertiary/aromatic N) is 1. The summed E-state index contributed by atoms with van der Waals surface area (Å²) in [4.78, 5) is 19.9. The second kappa shape index (κ2) is 7.25. The van der Waals surface area contributed by atoms with Crippen LogP contribution in [0.5, 0.6) is 11.5 Å². The van der Waals surface area contributed by atoms with Gasteiger partial charge in [0, 0.05) is 5.56 Å². The van der Waals surface area contributed by atoms with Crippen molar-refractivity contribution in [3.05, 3.63) is 48.0 Å². The van der Waals surface area contributed by atoms with Crippen LogP contribution in [0.4, 0.5) is 5.95 Å². The molecule has 0 aliphatic heterocycles. The van der Waals surface area contributed by atoms with Gasteiger partial charge in [0.2, 0.25) is 5.95 Å². The average Bonchev–Trinajstić information content (AvgIpc) is 3.01. The summed E-state index contributed by atoms with van der Waals surface area (Å²) in [5, 5.41) is 2.77. The lowest BCUT2D eigenvalue weighted by Gasteiger charge is -2.13. The van der Waals surface area contributed by atoms with Crippen LogP contribution in [0.15, 0.2) is 42.5 Å². The minimum absolute atomic E-state index is 0.271. The maximum atomic E-state index is 12.5. The highest BCUT2D eigenvalue weighted by atomic mass is 16.5. The fraction of sp³-hybridized carbons (Fsp3) is 0.263. The summed E-state index contributed by atoms with van der Waals surface area (Å²) in [7, 11) is 1.55. The summed E-state index contributed by atoms with van der Waals surface area (Å²) in [6.45, 7) is 4.73. The van der Waals surface area contributed by atoms with Crippen LogP contribution in [0.1, 0.15) is 24.2 Å². The van der Waals surface area contributed by atoms with Crippen molar-refractivity contribution < 1.29 is 14.3 Å². The van der Waals surface area contributed by atoms with Crippen molar-refractivity contribution in [1.29, 1.82) is 0 Å². The molecule has 2 N–H and O–H groups in total. The second-order valence-corrected chi connectivity index (χ2v) is 6.13. The molecule has 0 bridgehead atoms. The molecule has 1 amide bonds. The topological polar surface area (TPSA) is 76.2 Å². The highest BCUT2D eigenvalue weighted by molar-refractivity contribution is 6.04. The third kappa shape index (κ3) is 3.91. The first-order valence-electron chi connectivity index (χ1n) is 8.13. The first kappa shape index (κ1) is 16.8. The SMILES string of the molecule is COc1cc(C(=O)Nc2nc3ccccc3[nH]2)ccc1OCC(C)C. The summed E-state index contributed by atoms with van der Waals surface area (Å²) in [6.07, 6.45) is 0. The number of hydrogen-bond donors (Lipinski definition) is 2. The van der Waals surface area contributed by atoms with Gasteiger partial charge in [-0.25, -0.2) is 4.98 Å². The van der Waals surface area contributed by atoms with Crippen LogP contribution in [-0.4, -0.2) is 29.6 Å². The quantitative estimate of drug-likeness (QED) is 0.715. The zero-order chi connectivity index (χ0) is 17.8. The average molecular weight is 339 g/mol. The molecule has 0 unspecified atom stereocenters. The molecule has 0 spiro atoms. The normalized spacial score (nSPS) is 10.9. The molecule has 3 aromatic rings. The maximum absolute atomic E-state index is 12.5. The van der Waals surface area contributed by atoms with E-state index in [1.807, 2.05) is 24.3 Å². The number of rotatable bonds is 6. The molecule has 1 aromatic heterocycles. The van der Waals surface area contributed by atoms with Gasteiger partial charge in [0.15, 0.2) is 11.5 Å². The third-order valence-corrected chi connectivity index (χ3v) is 3.62. The molecule has 2 aromatic carbocycles. The summed E-state index contributed by atoms with van der Waals surface area (Å²) in [5.74, 6) is 1.69. The van der Waals surface area contributed by atoms with Crippen molar-refractivity contribution in [2.45, 2.75) is 13.8 Å². The number of amides is 1. The standard InChI is InChI=1S/C19H21N3O3/c1-12(2)11-25-16-9-8-13(10-17(16)24-3)18(23)22-19-20-14-6-4-5-7-15(14)21-19/h4-10,12H,11H2,1-3H3,(H2,20,21,22,23). The molecule has 0 saturated carbocycles. The van der Waals surface area contributed by atoms with E-state index in [4.69, 9.17) is 9.47 Å². The van der Waals surface area contributed by atoms with Gasteiger partial charge in [0.25, 0.3) is 5.91 Å². The first-order valence-corrected chi connectivity index (χ1v) is 8.13. The van der Waals surface area contributed by atoms with Crippen molar-refractivity contribution in [3.8, 4) is 11.5 Å². The number of carbonyl (C=O) groups is 1. The highest BCUT2D eigenvalue weighted by Gasteiger charge is 2.13. The van der Waals surface area contributed by atoms with Crippen molar-refractivity contribution >= 4 is 22.9 Å². The Hall–Kier alpha value is -3.02. The molecule has 3 rings (SSSR count). The number of ether oxygens (including phenoxy) is 2. The Morgan fingerprint density at radius 1 is 1.20 bits per heavy atom. The Morgan fingerprint density at radius 3 is 2.72 bits per heavy atom. The van der Waals surface area contributed by atoms with Crippen LogP contribution in [0.2, 0.25) is 0 Å². The summed E-state index contributed by atoms with van der Waals surface area (Å²) < 4.78 is 11.0. The van der Waals surface area contributed by atoms with E-state index in [1.165, 1.54) is 0 Å². The third-order valence-electron chi connectivity index (χ3n) is 3.62. The fourth-order valence-electron chi connectivity index (χ4n) is 2.38. The van der Waals surface area contributed by atoms with E-state index in [-0.39, 0.29) is 5.91 Å². The number of carbonyl (C=O) groups excluding carboxylic acids is 1. The van der Waals surface area contributed by atoms with E-state index >= 15 is 0 Å². The Bertz CT molecular complexity index is 854. The Balaban J connectivity index is 1.77. The Labute approximate surface area is 146 Å². The zero-order valence-electron chi connectivity index (χ0n) is 14.5. The highest BCUT2D eigenvalue weighted by Crippen LogP contribution is 2.28. The van der Waals surface area contributed by atoms with E-state index in [1.54, 1.807) is 25.3 Å². The number of fused-ring (bicyclic) bond motifs is 1. The van der Waals surface area contributed by atoms with Gasteiger partial charge in [-0.05, 0) is 36.2 Å². The number of benzene rings is 2. The maximum Gasteiger partial charge on any atom is 0.258 e. The molecule has 130 valence electrons. The summed E-state index contributed by atoms with van der Waals surface area (Å²) in [6, 6.07) is 12.7. The molecule has 0 atom stereocenters. The largest absolute Gasteiger partial charge is 0.493 e. The van der Waals surface area contributed by atoms with Gasteiger partial charge in [0.1, 0.15) is 0 Å². The molecule has 25 heavy (non-hydrogen) atoms. The molecule has 1 heterocycles. The molecular weight excluding hydrogens is 318 g/mol. The number of imidazole rings is 1. The van der Waals surface area contributed by atoms with Crippen LogP contribution >= 0.6 is 0 Å². The molecule has 0 aliphatic rings. The molecule has 0 radical (unpaired) electrons. The lowest BCUT2D eigenvalue weighted by atomic mass is 10.2. The summed E-state index contributed by atoms with van der Waals surface area (Å²) >= 11 is 0. The minimum Gasteiger partial charge on any atom is -0.493 e. The molecule has 6 heteroatoms. The van der Waals surface area contributed by atoms with Crippen LogP contribution in [0.3, 0.4) is 0 Å². The van der Waals surface area contributed by atoms with E-state index in [0.29, 0.717) is 35.5 Å². The van der Waals surface area contributed by atoms with Gasteiger partial charge in [-0.1, -0.05) is 26.0 Å². The number of nitrogens with one attached hydrogen (secondary N) is 2. The number of methoxy groups -OCH3 is 1. The first-order chi connectivity index (χ1) is 12.1.